The summed E-state index contributed by atoms with van der Waals surface area (Å²) in [5.74, 6) is -1.02. The van der Waals surface area contributed by atoms with Gasteiger partial charge < -0.3 is 9.63 Å². The first-order valence-electron chi connectivity index (χ1n) is 8.93. The molecule has 7 heteroatoms. The molecule has 1 aliphatic rings. The Morgan fingerprint density at radius 3 is 2.31 bits per heavy atom. The molecule has 1 amide bonds. The van der Waals surface area contributed by atoms with E-state index in [-0.39, 0.29) is 17.2 Å². The first-order valence-corrected chi connectivity index (χ1v) is 9.73. The van der Waals surface area contributed by atoms with Gasteiger partial charge in [-0.2, -0.15) is 0 Å². The minimum absolute atomic E-state index is 0.0156. The number of hydrogen-bond donors (Lipinski definition) is 1. The number of Topliss-reactive ketones (excluding diaryl/α,β-unsaturated/α-hetero) is 1. The number of carbonyl (C=O) groups is 2. The molecular formula is C22H17BrN2O4. The van der Waals surface area contributed by atoms with Crippen LogP contribution in [0.15, 0.2) is 69.2 Å². The molecule has 2 aromatic carbocycles. The number of aliphatic hydroxyl groups is 1. The predicted octanol–water partition coefficient (Wildman–Crippen LogP) is 4.68. The lowest BCUT2D eigenvalue weighted by Gasteiger charge is -2.22. The van der Waals surface area contributed by atoms with Crippen LogP contribution in [-0.4, -0.2) is 22.0 Å². The molecule has 1 N–H and O–H groups in total. The van der Waals surface area contributed by atoms with E-state index in [1.54, 1.807) is 37.3 Å². The van der Waals surface area contributed by atoms with Gasteiger partial charge in [0.05, 0.1) is 11.6 Å². The number of amides is 1. The number of aliphatic hydroxyl groups excluding tert-OH is 1. The molecule has 0 bridgehead atoms. The number of halogens is 1. The van der Waals surface area contributed by atoms with Crippen LogP contribution in [0.4, 0.5) is 5.82 Å². The van der Waals surface area contributed by atoms with E-state index in [0.717, 1.165) is 10.0 Å². The SMILES string of the molecule is Cc1ccc(/C(O)=C2\C(=O)C(=O)N(c3cc(C)on3)[C@H]2c2ccc(Br)cc2)cc1. The van der Waals surface area contributed by atoms with Crippen LogP contribution in [0.25, 0.3) is 5.76 Å². The first kappa shape index (κ1) is 19.1. The van der Waals surface area contributed by atoms with Crippen molar-refractivity contribution in [3.8, 4) is 0 Å². The molecule has 146 valence electrons. The van der Waals surface area contributed by atoms with E-state index < -0.39 is 17.7 Å². The van der Waals surface area contributed by atoms with Crippen molar-refractivity contribution < 1.29 is 19.2 Å². The van der Waals surface area contributed by atoms with E-state index in [1.165, 1.54) is 4.90 Å². The van der Waals surface area contributed by atoms with Crippen molar-refractivity contribution in [1.82, 2.24) is 5.16 Å². The number of aromatic nitrogens is 1. The molecule has 2 heterocycles. The van der Waals surface area contributed by atoms with Gasteiger partial charge >= 0.3 is 5.91 Å². The van der Waals surface area contributed by atoms with Crippen molar-refractivity contribution in [2.24, 2.45) is 0 Å². The van der Waals surface area contributed by atoms with E-state index in [2.05, 4.69) is 21.1 Å². The highest BCUT2D eigenvalue weighted by Crippen LogP contribution is 2.42. The van der Waals surface area contributed by atoms with Gasteiger partial charge in [-0.05, 0) is 31.5 Å². The molecule has 0 radical (unpaired) electrons. The zero-order chi connectivity index (χ0) is 20.7. The summed E-state index contributed by atoms with van der Waals surface area (Å²) in [5.41, 5.74) is 2.17. The highest BCUT2D eigenvalue weighted by atomic mass is 79.9. The average molecular weight is 453 g/mol. The minimum Gasteiger partial charge on any atom is -0.507 e. The fraction of sp³-hybridized carbons (Fsp3) is 0.136. The molecule has 0 aliphatic carbocycles. The van der Waals surface area contributed by atoms with Crippen LogP contribution in [0.3, 0.4) is 0 Å². The summed E-state index contributed by atoms with van der Waals surface area (Å²) >= 11 is 3.39. The molecule has 3 aromatic rings. The van der Waals surface area contributed by atoms with Crippen LogP contribution in [0.5, 0.6) is 0 Å². The average Bonchev–Trinajstić information content (AvgIpc) is 3.24. The summed E-state index contributed by atoms with van der Waals surface area (Å²) in [6, 6.07) is 15.1. The zero-order valence-electron chi connectivity index (χ0n) is 15.7. The number of hydrogen-bond acceptors (Lipinski definition) is 5. The van der Waals surface area contributed by atoms with Crippen LogP contribution < -0.4 is 4.90 Å². The summed E-state index contributed by atoms with van der Waals surface area (Å²) in [4.78, 5) is 27.1. The van der Waals surface area contributed by atoms with Gasteiger partial charge in [0, 0.05) is 16.1 Å². The number of benzene rings is 2. The van der Waals surface area contributed by atoms with Gasteiger partial charge in [0.2, 0.25) is 0 Å². The topological polar surface area (TPSA) is 83.6 Å². The van der Waals surface area contributed by atoms with E-state index in [1.807, 2.05) is 31.2 Å². The van der Waals surface area contributed by atoms with Crippen LogP contribution in [0.2, 0.25) is 0 Å². The fourth-order valence-electron chi connectivity index (χ4n) is 3.36. The third kappa shape index (κ3) is 3.38. The maximum Gasteiger partial charge on any atom is 0.301 e. The second kappa shape index (κ2) is 7.33. The molecule has 1 saturated heterocycles. The number of rotatable bonds is 3. The Kier molecular flexibility index (Phi) is 4.84. The minimum atomic E-state index is -0.825. The second-order valence-corrected chi connectivity index (χ2v) is 7.80. The molecular weight excluding hydrogens is 436 g/mol. The lowest BCUT2D eigenvalue weighted by Crippen LogP contribution is -2.29. The Morgan fingerprint density at radius 1 is 1.07 bits per heavy atom. The van der Waals surface area contributed by atoms with E-state index >= 15 is 0 Å². The Morgan fingerprint density at radius 2 is 1.72 bits per heavy atom. The lowest BCUT2D eigenvalue weighted by atomic mass is 9.95. The number of nitrogens with zero attached hydrogens (tertiary/aromatic N) is 2. The van der Waals surface area contributed by atoms with Gasteiger partial charge in [-0.15, -0.1) is 0 Å². The van der Waals surface area contributed by atoms with Crippen molar-refractivity contribution in [1.29, 1.82) is 0 Å². The third-order valence-electron chi connectivity index (χ3n) is 4.82. The summed E-state index contributed by atoms with van der Waals surface area (Å²) in [5, 5.41) is 14.9. The second-order valence-electron chi connectivity index (χ2n) is 6.88. The number of anilines is 1. The lowest BCUT2D eigenvalue weighted by molar-refractivity contribution is -0.132. The van der Waals surface area contributed by atoms with Gasteiger partial charge in [0.25, 0.3) is 5.78 Å². The largest absolute Gasteiger partial charge is 0.507 e. The number of aryl methyl sites for hydroxylation is 2. The smallest absolute Gasteiger partial charge is 0.301 e. The predicted molar refractivity (Wildman–Crippen MR) is 111 cm³/mol. The highest BCUT2D eigenvalue weighted by molar-refractivity contribution is 9.10. The summed E-state index contributed by atoms with van der Waals surface area (Å²) in [6.07, 6.45) is 0. The summed E-state index contributed by atoms with van der Waals surface area (Å²) in [7, 11) is 0. The molecule has 0 unspecified atom stereocenters. The summed E-state index contributed by atoms with van der Waals surface area (Å²) in [6.45, 7) is 3.63. The van der Waals surface area contributed by atoms with Crippen LogP contribution in [0, 0.1) is 13.8 Å². The molecule has 1 atom stereocenters. The maximum atomic E-state index is 13.0. The van der Waals surface area contributed by atoms with Crippen molar-refractivity contribution >= 4 is 39.2 Å². The van der Waals surface area contributed by atoms with E-state index in [4.69, 9.17) is 4.52 Å². The number of carbonyl (C=O) groups excluding carboxylic acids is 2. The standard InChI is InChI=1S/C22H17BrN2O4/c1-12-3-5-15(6-4-12)20(26)18-19(14-7-9-16(23)10-8-14)25(22(28)21(18)27)17-11-13(2)29-24-17/h3-11,19,26H,1-2H3/b20-18+/t19-/m0/s1. The first-order chi connectivity index (χ1) is 13.9. The molecule has 0 spiro atoms. The number of ketones is 1. The molecule has 1 aliphatic heterocycles. The van der Waals surface area contributed by atoms with E-state index in [0.29, 0.717) is 16.9 Å². The van der Waals surface area contributed by atoms with Crippen LogP contribution in [0.1, 0.15) is 28.5 Å². The molecule has 1 aromatic heterocycles. The van der Waals surface area contributed by atoms with Gasteiger partial charge in [0.1, 0.15) is 11.5 Å². The van der Waals surface area contributed by atoms with E-state index in [9.17, 15) is 14.7 Å². The molecule has 0 saturated carbocycles. The van der Waals surface area contributed by atoms with Crippen molar-refractivity contribution in [2.45, 2.75) is 19.9 Å². The van der Waals surface area contributed by atoms with Crippen LogP contribution in [-0.2, 0) is 9.59 Å². The Balaban J connectivity index is 1.93. The Bertz CT molecular complexity index is 1130. The molecule has 1 fully saturated rings. The van der Waals surface area contributed by atoms with Crippen molar-refractivity contribution in [2.75, 3.05) is 4.90 Å². The summed E-state index contributed by atoms with van der Waals surface area (Å²) < 4.78 is 5.97. The third-order valence-corrected chi connectivity index (χ3v) is 5.35. The fourth-order valence-corrected chi connectivity index (χ4v) is 3.63. The molecule has 6 nitrogen and oxygen atoms in total. The van der Waals surface area contributed by atoms with Gasteiger partial charge in [0.15, 0.2) is 5.82 Å². The van der Waals surface area contributed by atoms with Gasteiger partial charge in [-0.25, -0.2) is 0 Å². The maximum absolute atomic E-state index is 13.0. The normalized spacial score (nSPS) is 18.4. The highest BCUT2D eigenvalue weighted by Gasteiger charge is 2.48. The van der Waals surface area contributed by atoms with Gasteiger partial charge in [-0.3, -0.25) is 14.5 Å². The Labute approximate surface area is 175 Å². The Hall–Kier alpha value is -3.19. The zero-order valence-corrected chi connectivity index (χ0v) is 17.3. The van der Waals surface area contributed by atoms with Crippen molar-refractivity contribution in [3.63, 3.8) is 0 Å². The van der Waals surface area contributed by atoms with Crippen LogP contribution >= 0.6 is 15.9 Å². The monoisotopic (exact) mass is 452 g/mol. The molecule has 29 heavy (non-hydrogen) atoms. The van der Waals surface area contributed by atoms with Gasteiger partial charge in [-0.1, -0.05) is 63.0 Å². The molecule has 4 rings (SSSR count). The quantitative estimate of drug-likeness (QED) is 0.354. The van der Waals surface area contributed by atoms with Crippen molar-refractivity contribution in [3.05, 3.63) is 87.1 Å².